The Kier molecular flexibility index (Phi) is 5.88. The predicted octanol–water partition coefficient (Wildman–Crippen LogP) is 2.59. The zero-order valence-electron chi connectivity index (χ0n) is 15.8. The molecular weight excluding hydrogens is 360 g/mol. The molecule has 2 heterocycles. The maximum atomic E-state index is 12.8. The number of carboxylic acids is 1. The number of rotatable bonds is 8. The largest absolute Gasteiger partial charge is 0.481 e. The molecule has 0 bridgehead atoms. The topological polar surface area (TPSA) is 110 Å². The quantitative estimate of drug-likeness (QED) is 0.620. The molecule has 0 fully saturated rings. The normalized spacial score (nSPS) is 11.9. The number of carboxylic acid groups (broad SMARTS) is 1. The summed E-state index contributed by atoms with van der Waals surface area (Å²) in [6.07, 6.45) is 4.18. The minimum absolute atomic E-state index is 0.0312. The molecule has 8 nitrogen and oxygen atoms in total. The van der Waals surface area contributed by atoms with Gasteiger partial charge in [0.15, 0.2) is 5.69 Å². The van der Waals surface area contributed by atoms with Crippen LogP contribution < -0.4 is 5.32 Å². The number of aromatic nitrogens is 3. The van der Waals surface area contributed by atoms with Gasteiger partial charge in [0.2, 0.25) is 5.89 Å². The lowest BCUT2D eigenvalue weighted by atomic mass is 10.0. The molecule has 0 spiro atoms. The lowest BCUT2D eigenvalue weighted by Crippen LogP contribution is -2.37. The van der Waals surface area contributed by atoms with Crippen molar-refractivity contribution in [3.05, 3.63) is 59.7 Å². The van der Waals surface area contributed by atoms with E-state index in [1.54, 1.807) is 31.0 Å². The fourth-order valence-electron chi connectivity index (χ4n) is 2.94. The molecule has 1 atom stereocenters. The van der Waals surface area contributed by atoms with Gasteiger partial charge in [-0.25, -0.2) is 4.98 Å². The number of amides is 1. The summed E-state index contributed by atoms with van der Waals surface area (Å²) < 4.78 is 7.24. The van der Waals surface area contributed by atoms with Crippen LogP contribution in [0.1, 0.15) is 34.7 Å². The van der Waals surface area contributed by atoms with Gasteiger partial charge in [-0.2, -0.15) is 5.10 Å². The Hall–Kier alpha value is -3.42. The van der Waals surface area contributed by atoms with Crippen LogP contribution in [0.25, 0.3) is 11.5 Å². The van der Waals surface area contributed by atoms with Crippen LogP contribution in [0.15, 0.2) is 47.1 Å². The molecule has 0 aliphatic rings. The predicted molar refractivity (Wildman–Crippen MR) is 102 cm³/mol. The first-order chi connectivity index (χ1) is 13.4. The molecule has 146 valence electrons. The number of nitrogens with one attached hydrogen (secondary N) is 1. The zero-order valence-corrected chi connectivity index (χ0v) is 15.8. The third-order valence-corrected chi connectivity index (χ3v) is 4.33. The number of carbonyl (C=O) groups is 2. The van der Waals surface area contributed by atoms with Gasteiger partial charge in [0.25, 0.3) is 5.91 Å². The maximum absolute atomic E-state index is 12.8. The van der Waals surface area contributed by atoms with E-state index >= 15 is 0 Å². The zero-order chi connectivity index (χ0) is 20.1. The standard InChI is InChI=1S/C20H22N4O4/c1-13-18(23-20(28-13)15-11-21-24(2)12-15)19(27)22-16(8-9-17(25)26)10-14-6-4-3-5-7-14/h3-7,11-12,16H,8-10H2,1-2H3,(H,22,27)(H,25,26). The molecule has 1 amide bonds. The summed E-state index contributed by atoms with van der Waals surface area (Å²) in [5, 5.41) is 16.0. The van der Waals surface area contributed by atoms with E-state index in [1.807, 2.05) is 30.3 Å². The van der Waals surface area contributed by atoms with Crippen molar-refractivity contribution < 1.29 is 19.1 Å². The average Bonchev–Trinajstić information content (AvgIpc) is 3.26. The number of nitrogens with zero attached hydrogens (tertiary/aromatic N) is 3. The van der Waals surface area contributed by atoms with E-state index in [1.165, 1.54) is 0 Å². The van der Waals surface area contributed by atoms with Crippen LogP contribution in [0.2, 0.25) is 0 Å². The highest BCUT2D eigenvalue weighted by Gasteiger charge is 2.22. The molecular formula is C20H22N4O4. The van der Waals surface area contributed by atoms with Crippen LogP contribution in [0.5, 0.6) is 0 Å². The number of aliphatic carboxylic acids is 1. The molecule has 28 heavy (non-hydrogen) atoms. The second-order valence-electron chi connectivity index (χ2n) is 6.62. The Morgan fingerprint density at radius 2 is 2.04 bits per heavy atom. The van der Waals surface area contributed by atoms with Crippen LogP contribution in [0.3, 0.4) is 0 Å². The molecule has 0 aliphatic heterocycles. The molecule has 0 aliphatic carbocycles. The van der Waals surface area contributed by atoms with Gasteiger partial charge in [-0.1, -0.05) is 30.3 Å². The molecule has 0 radical (unpaired) electrons. The van der Waals surface area contributed by atoms with Gasteiger partial charge in [0, 0.05) is 25.7 Å². The van der Waals surface area contributed by atoms with E-state index in [0.29, 0.717) is 30.1 Å². The average molecular weight is 382 g/mol. The molecule has 3 aromatic rings. The van der Waals surface area contributed by atoms with Crippen LogP contribution in [0, 0.1) is 6.92 Å². The Labute approximate surface area is 162 Å². The van der Waals surface area contributed by atoms with Gasteiger partial charge in [-0.05, 0) is 25.3 Å². The second kappa shape index (κ2) is 8.51. The second-order valence-corrected chi connectivity index (χ2v) is 6.62. The number of hydrogen-bond acceptors (Lipinski definition) is 5. The minimum atomic E-state index is -0.899. The van der Waals surface area contributed by atoms with E-state index in [4.69, 9.17) is 9.52 Å². The molecule has 2 aromatic heterocycles. The summed E-state index contributed by atoms with van der Waals surface area (Å²) in [4.78, 5) is 28.0. The molecule has 8 heteroatoms. The van der Waals surface area contributed by atoms with Crippen molar-refractivity contribution in [3.63, 3.8) is 0 Å². The highest BCUT2D eigenvalue weighted by Crippen LogP contribution is 2.21. The third kappa shape index (κ3) is 4.85. The van der Waals surface area contributed by atoms with Crippen LogP contribution in [-0.4, -0.2) is 37.8 Å². The summed E-state index contributed by atoms with van der Waals surface area (Å²) in [5.74, 6) is -0.569. The van der Waals surface area contributed by atoms with E-state index in [0.717, 1.165) is 5.56 Å². The Bertz CT molecular complexity index is 962. The van der Waals surface area contributed by atoms with Gasteiger partial charge < -0.3 is 14.8 Å². The SMILES string of the molecule is Cc1oc(-c2cnn(C)c2)nc1C(=O)NC(CCC(=O)O)Cc1ccccc1. The van der Waals surface area contributed by atoms with Gasteiger partial charge in [0.05, 0.1) is 11.8 Å². The van der Waals surface area contributed by atoms with Gasteiger partial charge in [-0.3, -0.25) is 14.3 Å². The Balaban J connectivity index is 1.75. The van der Waals surface area contributed by atoms with Gasteiger partial charge >= 0.3 is 5.97 Å². The van der Waals surface area contributed by atoms with Crippen molar-refractivity contribution in [2.45, 2.75) is 32.2 Å². The van der Waals surface area contributed by atoms with Crippen LogP contribution in [0.4, 0.5) is 0 Å². The van der Waals surface area contributed by atoms with Crippen molar-refractivity contribution in [1.29, 1.82) is 0 Å². The van der Waals surface area contributed by atoms with Crippen molar-refractivity contribution in [1.82, 2.24) is 20.1 Å². The summed E-state index contributed by atoms with van der Waals surface area (Å²) >= 11 is 0. The maximum Gasteiger partial charge on any atom is 0.303 e. The number of hydrogen-bond donors (Lipinski definition) is 2. The first-order valence-corrected chi connectivity index (χ1v) is 8.95. The first-order valence-electron chi connectivity index (χ1n) is 8.95. The number of oxazole rings is 1. The van der Waals surface area contributed by atoms with E-state index in [2.05, 4.69) is 15.4 Å². The molecule has 0 saturated carbocycles. The molecule has 3 rings (SSSR count). The first kappa shape index (κ1) is 19.3. The number of carbonyl (C=O) groups excluding carboxylic acids is 1. The Morgan fingerprint density at radius 3 is 2.68 bits per heavy atom. The molecule has 1 unspecified atom stereocenters. The summed E-state index contributed by atoms with van der Waals surface area (Å²) in [5.41, 5.74) is 1.88. The van der Waals surface area contributed by atoms with Crippen molar-refractivity contribution in [3.8, 4) is 11.5 Å². The number of benzene rings is 1. The third-order valence-electron chi connectivity index (χ3n) is 4.33. The van der Waals surface area contributed by atoms with Crippen molar-refractivity contribution in [2.24, 2.45) is 7.05 Å². The fourth-order valence-corrected chi connectivity index (χ4v) is 2.94. The van der Waals surface area contributed by atoms with Gasteiger partial charge in [0.1, 0.15) is 5.76 Å². The number of aryl methyl sites for hydroxylation is 2. The van der Waals surface area contributed by atoms with Crippen molar-refractivity contribution >= 4 is 11.9 Å². The van der Waals surface area contributed by atoms with Crippen molar-refractivity contribution in [2.75, 3.05) is 0 Å². The smallest absolute Gasteiger partial charge is 0.303 e. The van der Waals surface area contributed by atoms with Crippen LogP contribution in [-0.2, 0) is 18.3 Å². The highest BCUT2D eigenvalue weighted by molar-refractivity contribution is 5.93. The van der Waals surface area contributed by atoms with Crippen LogP contribution >= 0.6 is 0 Å². The highest BCUT2D eigenvalue weighted by atomic mass is 16.4. The summed E-state index contributed by atoms with van der Waals surface area (Å²) in [6.45, 7) is 1.67. The molecule has 2 N–H and O–H groups in total. The molecule has 0 saturated heterocycles. The van der Waals surface area contributed by atoms with E-state index in [-0.39, 0.29) is 24.1 Å². The molecule has 1 aromatic carbocycles. The minimum Gasteiger partial charge on any atom is -0.481 e. The lowest BCUT2D eigenvalue weighted by Gasteiger charge is -2.17. The monoisotopic (exact) mass is 382 g/mol. The fraction of sp³-hybridized carbons (Fsp3) is 0.300. The van der Waals surface area contributed by atoms with E-state index in [9.17, 15) is 9.59 Å². The van der Waals surface area contributed by atoms with E-state index < -0.39 is 5.97 Å². The summed E-state index contributed by atoms with van der Waals surface area (Å²) in [6, 6.07) is 9.29. The lowest BCUT2D eigenvalue weighted by molar-refractivity contribution is -0.137. The Morgan fingerprint density at radius 1 is 1.29 bits per heavy atom. The van der Waals surface area contributed by atoms with Gasteiger partial charge in [-0.15, -0.1) is 0 Å². The summed E-state index contributed by atoms with van der Waals surface area (Å²) in [7, 11) is 1.78.